The molecule has 31 heavy (non-hydrogen) atoms. The molecule has 0 aliphatic carbocycles. The van der Waals surface area contributed by atoms with Gasteiger partial charge in [-0.2, -0.15) is 0 Å². The van der Waals surface area contributed by atoms with Crippen molar-refractivity contribution in [1.82, 2.24) is 24.5 Å². The van der Waals surface area contributed by atoms with Gasteiger partial charge >= 0.3 is 0 Å². The molecule has 1 N–H and O–H groups in total. The third-order valence-corrected chi connectivity index (χ3v) is 5.25. The molecular formula is C18H21ClFN7O4. The van der Waals surface area contributed by atoms with Crippen molar-refractivity contribution in [3.8, 4) is 0 Å². The van der Waals surface area contributed by atoms with Crippen LogP contribution in [0.25, 0.3) is 0 Å². The van der Waals surface area contributed by atoms with E-state index >= 15 is 4.39 Å². The quantitative estimate of drug-likeness (QED) is 0.410. The summed E-state index contributed by atoms with van der Waals surface area (Å²) in [7, 11) is 4.86. The molecule has 1 saturated heterocycles. The molecule has 13 heteroatoms. The van der Waals surface area contributed by atoms with E-state index in [-0.39, 0.29) is 40.9 Å². The van der Waals surface area contributed by atoms with Gasteiger partial charge in [0.05, 0.1) is 25.4 Å². The molecule has 2 aromatic rings. The van der Waals surface area contributed by atoms with E-state index in [1.54, 1.807) is 25.9 Å². The van der Waals surface area contributed by atoms with Crippen LogP contribution in [0.1, 0.15) is 27.2 Å². The number of guanidine groups is 1. The number of nitrogens with one attached hydrogen (secondary N) is 1. The minimum atomic E-state index is -0.892. The van der Waals surface area contributed by atoms with E-state index < -0.39 is 22.2 Å². The number of rotatable bonds is 5. The number of halogens is 2. The minimum absolute atomic E-state index is 0.0303. The molecule has 1 fully saturated rings. The van der Waals surface area contributed by atoms with Gasteiger partial charge in [-0.3, -0.25) is 24.3 Å². The Hall–Kier alpha value is -3.25. The zero-order valence-electron chi connectivity index (χ0n) is 17.3. The Morgan fingerprint density at radius 2 is 2.00 bits per heavy atom. The zero-order chi connectivity index (χ0) is 23.0. The van der Waals surface area contributed by atoms with Crippen LogP contribution in [0, 0.1) is 22.9 Å². The molecular weight excluding hydrogens is 433 g/mol. The number of nitro groups is 1. The maximum atomic E-state index is 15.4. The number of hydrogen-bond donors (Lipinski definition) is 1. The molecule has 0 unspecified atom stereocenters. The topological polar surface area (TPSA) is 120 Å². The van der Waals surface area contributed by atoms with Crippen LogP contribution >= 0.6 is 11.6 Å². The van der Waals surface area contributed by atoms with Gasteiger partial charge in [-0.25, -0.2) is 14.5 Å². The molecule has 0 bridgehead atoms. The van der Waals surface area contributed by atoms with Crippen LogP contribution in [0.5, 0.6) is 0 Å². The fourth-order valence-electron chi connectivity index (χ4n) is 3.60. The Morgan fingerprint density at radius 1 is 1.32 bits per heavy atom. The summed E-state index contributed by atoms with van der Waals surface area (Å²) in [6.45, 7) is 1.98. The van der Waals surface area contributed by atoms with E-state index in [2.05, 4.69) is 10.2 Å². The number of hydrogen-bond acceptors (Lipinski definition) is 5. The van der Waals surface area contributed by atoms with Crippen molar-refractivity contribution in [3.05, 3.63) is 65.8 Å². The lowest BCUT2D eigenvalue weighted by Crippen LogP contribution is -2.56. The van der Waals surface area contributed by atoms with E-state index in [4.69, 9.17) is 11.6 Å². The number of aromatic nitrogens is 2. The molecule has 0 saturated carbocycles. The van der Waals surface area contributed by atoms with Gasteiger partial charge < -0.3 is 9.80 Å². The second-order valence-electron chi connectivity index (χ2n) is 7.37. The van der Waals surface area contributed by atoms with E-state index in [1.165, 1.54) is 24.1 Å². The van der Waals surface area contributed by atoms with Crippen molar-refractivity contribution in [1.29, 1.82) is 0 Å². The van der Waals surface area contributed by atoms with Gasteiger partial charge in [0, 0.05) is 30.4 Å². The number of benzene rings is 1. The molecule has 0 radical (unpaired) electrons. The summed E-state index contributed by atoms with van der Waals surface area (Å²) < 4.78 is 16.6. The van der Waals surface area contributed by atoms with Gasteiger partial charge in [-0.1, -0.05) is 11.6 Å². The molecule has 1 aliphatic rings. The predicted octanol–water partition coefficient (Wildman–Crippen LogP) is 1.19. The Bertz CT molecular complexity index is 1140. The van der Waals surface area contributed by atoms with Crippen LogP contribution < -0.4 is 5.56 Å². The van der Waals surface area contributed by atoms with Crippen LogP contribution in [0.3, 0.4) is 0 Å². The third kappa shape index (κ3) is 4.30. The Labute approximate surface area is 181 Å². The van der Waals surface area contributed by atoms with E-state index in [0.29, 0.717) is 12.4 Å². The first-order valence-corrected chi connectivity index (χ1v) is 9.53. The molecule has 0 amide bonds. The second kappa shape index (κ2) is 8.47. The van der Waals surface area contributed by atoms with Gasteiger partial charge in [-0.15, -0.1) is 0 Å². The molecule has 1 aromatic carbocycles. The number of H-pyrrole nitrogens is 1. The lowest BCUT2D eigenvalue weighted by molar-refractivity contribution is -0.486. The van der Waals surface area contributed by atoms with E-state index in [9.17, 15) is 19.7 Å². The summed E-state index contributed by atoms with van der Waals surface area (Å²) in [6, 6.07) is 2.58. The zero-order valence-corrected chi connectivity index (χ0v) is 18.1. The van der Waals surface area contributed by atoms with Crippen molar-refractivity contribution < 1.29 is 14.2 Å². The maximum Gasteiger partial charge on any atom is 0.277 e. The van der Waals surface area contributed by atoms with Crippen LogP contribution in [0.2, 0.25) is 5.02 Å². The average Bonchev–Trinajstić information content (AvgIpc) is 2.92. The highest BCUT2D eigenvalue weighted by Crippen LogP contribution is 2.26. The largest absolute Gasteiger partial charge is 0.328 e. The summed E-state index contributed by atoms with van der Waals surface area (Å²) in [4.78, 5) is 41.0. The summed E-state index contributed by atoms with van der Waals surface area (Å²) in [5, 5.41) is 16.3. The standard InChI is InChI=1S/C18H21ClFN7O4/c1-10-14(17(29)25(4)21-10)16(28)11-5-6-13(19)12(15(11)20)7-26-9-23(2)8-24(3)18(26)22-27(30)31/h5-6,21H,7-9H2,1-4H3. The predicted molar refractivity (Wildman–Crippen MR) is 111 cm³/mol. The SMILES string of the molecule is Cc1[nH]n(C)c(=O)c1C(=O)c1ccc(Cl)c(CN2CN(C)CN(C)C2=N[N+](=O)[O-])c1F. The Morgan fingerprint density at radius 3 is 2.58 bits per heavy atom. The molecule has 166 valence electrons. The van der Waals surface area contributed by atoms with Crippen LogP contribution in [-0.4, -0.2) is 68.7 Å². The fourth-order valence-corrected chi connectivity index (χ4v) is 3.80. The summed E-state index contributed by atoms with van der Waals surface area (Å²) in [5.74, 6) is -1.64. The maximum absolute atomic E-state index is 15.4. The molecule has 1 aromatic heterocycles. The summed E-state index contributed by atoms with van der Waals surface area (Å²) in [5.41, 5.74) is -0.767. The monoisotopic (exact) mass is 453 g/mol. The van der Waals surface area contributed by atoms with Gasteiger partial charge in [0.25, 0.3) is 11.5 Å². The highest BCUT2D eigenvalue weighted by molar-refractivity contribution is 6.31. The summed E-state index contributed by atoms with van der Waals surface area (Å²) in [6.07, 6.45) is 0. The minimum Gasteiger partial charge on any atom is -0.328 e. The smallest absolute Gasteiger partial charge is 0.277 e. The number of hydrazone groups is 1. The van der Waals surface area contributed by atoms with Crippen molar-refractivity contribution in [2.75, 3.05) is 27.4 Å². The molecule has 11 nitrogen and oxygen atoms in total. The van der Waals surface area contributed by atoms with E-state index in [1.807, 2.05) is 4.90 Å². The first-order valence-electron chi connectivity index (χ1n) is 9.16. The lowest BCUT2D eigenvalue weighted by atomic mass is 10.0. The van der Waals surface area contributed by atoms with Gasteiger partial charge in [0.15, 0.2) is 5.03 Å². The van der Waals surface area contributed by atoms with E-state index in [0.717, 1.165) is 4.68 Å². The Balaban J connectivity index is 2.03. The van der Waals surface area contributed by atoms with Gasteiger partial charge in [0.1, 0.15) is 16.5 Å². The molecule has 2 heterocycles. The molecule has 0 spiro atoms. The lowest BCUT2D eigenvalue weighted by Gasteiger charge is -2.40. The van der Waals surface area contributed by atoms with Gasteiger partial charge in [0.2, 0.25) is 5.78 Å². The highest BCUT2D eigenvalue weighted by atomic mass is 35.5. The van der Waals surface area contributed by atoms with Gasteiger partial charge in [-0.05, 0) is 26.1 Å². The van der Waals surface area contributed by atoms with Crippen molar-refractivity contribution >= 4 is 23.3 Å². The molecule has 1 aliphatic heterocycles. The Kier molecular flexibility index (Phi) is 6.13. The number of aromatic amines is 1. The number of carbonyl (C=O) groups excluding carboxylic acids is 1. The molecule has 0 atom stereocenters. The van der Waals surface area contributed by atoms with Crippen LogP contribution in [0.4, 0.5) is 4.39 Å². The number of aryl methyl sites for hydroxylation is 2. The number of ketones is 1. The second-order valence-corrected chi connectivity index (χ2v) is 7.77. The fraction of sp³-hybridized carbons (Fsp3) is 0.389. The normalized spacial score (nSPS) is 16.3. The first kappa shape index (κ1) is 22.4. The van der Waals surface area contributed by atoms with Crippen molar-refractivity contribution in [2.24, 2.45) is 12.1 Å². The molecule has 3 rings (SSSR count). The number of carbonyl (C=O) groups is 1. The van der Waals surface area contributed by atoms with Crippen molar-refractivity contribution in [3.63, 3.8) is 0 Å². The highest BCUT2D eigenvalue weighted by Gasteiger charge is 2.30. The summed E-state index contributed by atoms with van der Waals surface area (Å²) >= 11 is 6.21. The van der Waals surface area contributed by atoms with Crippen molar-refractivity contribution in [2.45, 2.75) is 13.5 Å². The number of nitrogens with zero attached hydrogens (tertiary/aromatic N) is 6. The van der Waals surface area contributed by atoms with Crippen LogP contribution in [0.15, 0.2) is 22.0 Å². The first-order chi connectivity index (χ1) is 14.5. The third-order valence-electron chi connectivity index (χ3n) is 4.90. The van der Waals surface area contributed by atoms with Crippen LogP contribution in [-0.2, 0) is 13.6 Å². The average molecular weight is 454 g/mol.